The van der Waals surface area contributed by atoms with E-state index in [0.29, 0.717) is 32.1 Å². The average molecular weight is 265 g/mol. The summed E-state index contributed by atoms with van der Waals surface area (Å²) in [6.45, 7) is 6.05. The van der Waals surface area contributed by atoms with Crippen molar-refractivity contribution in [3.63, 3.8) is 0 Å². The first kappa shape index (κ1) is 14.3. The summed E-state index contributed by atoms with van der Waals surface area (Å²) >= 11 is 0. The highest BCUT2D eigenvalue weighted by molar-refractivity contribution is 5.41. The SMILES string of the molecule is COc1ccc(C2(CCN)OCCO2)cc1C(C)C. The lowest BCUT2D eigenvalue weighted by Gasteiger charge is -2.28. The van der Waals surface area contributed by atoms with Crippen molar-refractivity contribution < 1.29 is 14.2 Å². The van der Waals surface area contributed by atoms with Crippen LogP contribution >= 0.6 is 0 Å². The van der Waals surface area contributed by atoms with E-state index >= 15 is 0 Å². The van der Waals surface area contributed by atoms with Crippen LogP contribution in [0.25, 0.3) is 0 Å². The van der Waals surface area contributed by atoms with E-state index in [-0.39, 0.29) is 0 Å². The molecule has 1 aromatic carbocycles. The zero-order valence-corrected chi connectivity index (χ0v) is 11.9. The monoisotopic (exact) mass is 265 g/mol. The molecule has 106 valence electrons. The predicted octanol–water partition coefficient (Wildman–Crippen LogP) is 2.37. The predicted molar refractivity (Wildman–Crippen MR) is 74.3 cm³/mol. The largest absolute Gasteiger partial charge is 0.496 e. The van der Waals surface area contributed by atoms with Gasteiger partial charge in [0.1, 0.15) is 5.75 Å². The van der Waals surface area contributed by atoms with Gasteiger partial charge in [-0.05, 0) is 36.2 Å². The highest BCUT2D eigenvalue weighted by Gasteiger charge is 2.38. The Balaban J connectivity index is 2.41. The first-order valence-corrected chi connectivity index (χ1v) is 6.79. The van der Waals surface area contributed by atoms with Crippen LogP contribution < -0.4 is 10.5 Å². The zero-order valence-electron chi connectivity index (χ0n) is 11.9. The van der Waals surface area contributed by atoms with Gasteiger partial charge in [0.15, 0.2) is 5.79 Å². The van der Waals surface area contributed by atoms with Crippen molar-refractivity contribution in [3.8, 4) is 5.75 Å². The fraction of sp³-hybridized carbons (Fsp3) is 0.600. The molecular formula is C15H23NO3. The van der Waals surface area contributed by atoms with E-state index in [0.717, 1.165) is 16.9 Å². The van der Waals surface area contributed by atoms with Gasteiger partial charge in [0.25, 0.3) is 0 Å². The van der Waals surface area contributed by atoms with Crippen LogP contribution in [0.2, 0.25) is 0 Å². The Morgan fingerprint density at radius 3 is 2.53 bits per heavy atom. The molecule has 2 N–H and O–H groups in total. The molecule has 1 aromatic rings. The molecule has 0 unspecified atom stereocenters. The first-order chi connectivity index (χ1) is 9.13. The summed E-state index contributed by atoms with van der Waals surface area (Å²) in [7, 11) is 1.69. The van der Waals surface area contributed by atoms with Gasteiger partial charge < -0.3 is 19.9 Å². The fourth-order valence-corrected chi connectivity index (χ4v) is 2.52. The van der Waals surface area contributed by atoms with Gasteiger partial charge in [0, 0.05) is 12.0 Å². The number of rotatable bonds is 5. The van der Waals surface area contributed by atoms with Gasteiger partial charge in [-0.15, -0.1) is 0 Å². The molecule has 1 fully saturated rings. The molecule has 1 aliphatic rings. The number of benzene rings is 1. The lowest BCUT2D eigenvalue weighted by molar-refractivity contribution is -0.168. The minimum Gasteiger partial charge on any atom is -0.496 e. The van der Waals surface area contributed by atoms with E-state index in [4.69, 9.17) is 19.9 Å². The van der Waals surface area contributed by atoms with Crippen molar-refractivity contribution >= 4 is 0 Å². The Bertz CT molecular complexity index is 425. The molecule has 0 bridgehead atoms. The number of hydrogen-bond donors (Lipinski definition) is 1. The van der Waals surface area contributed by atoms with Crippen LogP contribution in [0.5, 0.6) is 5.75 Å². The topological polar surface area (TPSA) is 53.7 Å². The lowest BCUT2D eigenvalue weighted by atomic mass is 9.94. The molecule has 2 rings (SSSR count). The molecular weight excluding hydrogens is 242 g/mol. The zero-order chi connectivity index (χ0) is 13.9. The van der Waals surface area contributed by atoms with Crippen LogP contribution in [0.4, 0.5) is 0 Å². The molecule has 4 nitrogen and oxygen atoms in total. The minimum atomic E-state index is -0.676. The summed E-state index contributed by atoms with van der Waals surface area (Å²) < 4.78 is 17.1. The maximum Gasteiger partial charge on any atom is 0.196 e. The van der Waals surface area contributed by atoms with E-state index in [2.05, 4.69) is 19.9 Å². The van der Waals surface area contributed by atoms with E-state index in [1.165, 1.54) is 0 Å². The molecule has 0 saturated carbocycles. The van der Waals surface area contributed by atoms with Crippen LogP contribution in [-0.4, -0.2) is 26.9 Å². The molecule has 0 aromatic heterocycles. The molecule has 4 heteroatoms. The molecule has 0 amide bonds. The standard InChI is InChI=1S/C15H23NO3/c1-11(2)13-10-12(4-5-14(13)17-3)15(6-7-16)18-8-9-19-15/h4-5,10-11H,6-9,16H2,1-3H3. The summed E-state index contributed by atoms with van der Waals surface area (Å²) in [4.78, 5) is 0. The smallest absolute Gasteiger partial charge is 0.196 e. The second-order valence-electron chi connectivity index (χ2n) is 5.10. The number of methoxy groups -OCH3 is 1. The number of hydrogen-bond acceptors (Lipinski definition) is 4. The van der Waals surface area contributed by atoms with Gasteiger partial charge in [0.2, 0.25) is 0 Å². The third-order valence-electron chi connectivity index (χ3n) is 3.52. The second kappa shape index (κ2) is 5.90. The summed E-state index contributed by atoms with van der Waals surface area (Å²) in [5, 5.41) is 0. The summed E-state index contributed by atoms with van der Waals surface area (Å²) in [6.07, 6.45) is 0.664. The Hall–Kier alpha value is -1.10. The normalized spacial score (nSPS) is 17.9. The van der Waals surface area contributed by atoms with E-state index in [9.17, 15) is 0 Å². The molecule has 0 radical (unpaired) electrons. The van der Waals surface area contributed by atoms with Gasteiger partial charge >= 0.3 is 0 Å². The van der Waals surface area contributed by atoms with E-state index < -0.39 is 5.79 Å². The highest BCUT2D eigenvalue weighted by atomic mass is 16.7. The summed E-state index contributed by atoms with van der Waals surface area (Å²) in [5.41, 5.74) is 7.89. The third-order valence-corrected chi connectivity index (χ3v) is 3.52. The molecule has 1 heterocycles. The molecule has 1 saturated heterocycles. The van der Waals surface area contributed by atoms with E-state index in [1.54, 1.807) is 7.11 Å². The van der Waals surface area contributed by atoms with Crippen LogP contribution in [0.1, 0.15) is 37.3 Å². The highest BCUT2D eigenvalue weighted by Crippen LogP contribution is 2.38. The van der Waals surface area contributed by atoms with Gasteiger partial charge in [-0.1, -0.05) is 13.8 Å². The van der Waals surface area contributed by atoms with Crippen LogP contribution in [-0.2, 0) is 15.3 Å². The molecule has 19 heavy (non-hydrogen) atoms. The van der Waals surface area contributed by atoms with Crippen LogP contribution in [0, 0.1) is 0 Å². The van der Waals surface area contributed by atoms with Crippen LogP contribution in [0.3, 0.4) is 0 Å². The Kier molecular flexibility index (Phi) is 4.45. The van der Waals surface area contributed by atoms with Gasteiger partial charge in [-0.3, -0.25) is 0 Å². The van der Waals surface area contributed by atoms with Gasteiger partial charge in [0.05, 0.1) is 20.3 Å². The van der Waals surface area contributed by atoms with Crippen molar-refractivity contribution in [2.75, 3.05) is 26.9 Å². The minimum absolute atomic E-state index is 0.381. The molecule has 0 spiro atoms. The van der Waals surface area contributed by atoms with Crippen molar-refractivity contribution in [1.29, 1.82) is 0 Å². The van der Waals surface area contributed by atoms with Gasteiger partial charge in [-0.2, -0.15) is 0 Å². The van der Waals surface area contributed by atoms with Crippen molar-refractivity contribution in [2.45, 2.75) is 32.0 Å². The number of ether oxygens (including phenoxy) is 3. The first-order valence-electron chi connectivity index (χ1n) is 6.79. The Labute approximate surface area is 114 Å². The third kappa shape index (κ3) is 2.76. The number of nitrogens with two attached hydrogens (primary N) is 1. The Morgan fingerprint density at radius 1 is 1.32 bits per heavy atom. The van der Waals surface area contributed by atoms with Crippen molar-refractivity contribution in [2.24, 2.45) is 5.73 Å². The maximum atomic E-state index is 5.83. The second-order valence-corrected chi connectivity index (χ2v) is 5.10. The molecule has 1 aliphatic heterocycles. The lowest BCUT2D eigenvalue weighted by Crippen LogP contribution is -2.30. The van der Waals surface area contributed by atoms with Crippen molar-refractivity contribution in [3.05, 3.63) is 29.3 Å². The summed E-state index contributed by atoms with van der Waals surface area (Å²) in [5.74, 6) is 0.607. The Morgan fingerprint density at radius 2 is 2.00 bits per heavy atom. The van der Waals surface area contributed by atoms with Crippen molar-refractivity contribution in [1.82, 2.24) is 0 Å². The summed E-state index contributed by atoms with van der Waals surface area (Å²) in [6, 6.07) is 6.10. The van der Waals surface area contributed by atoms with E-state index in [1.807, 2.05) is 12.1 Å². The van der Waals surface area contributed by atoms with Gasteiger partial charge in [-0.25, -0.2) is 0 Å². The molecule has 0 aliphatic carbocycles. The fourth-order valence-electron chi connectivity index (χ4n) is 2.52. The van der Waals surface area contributed by atoms with Crippen LogP contribution in [0.15, 0.2) is 18.2 Å². The quantitative estimate of drug-likeness (QED) is 0.888. The average Bonchev–Trinajstić information content (AvgIpc) is 2.88. The maximum absolute atomic E-state index is 5.83. The molecule has 0 atom stereocenters.